The van der Waals surface area contributed by atoms with Crippen molar-refractivity contribution in [3.63, 3.8) is 0 Å². The number of aromatic amines is 1. The fourth-order valence-corrected chi connectivity index (χ4v) is 1.57. The number of azide groups is 1. The standard InChI is InChI=1S/C9H6ClN7O2/c1-19-9(18)8-7(15-16-11)4(10)2-5(13-8)6-3-12-17-14-6/h2-3H,1H3,(H,12,14,17). The molecule has 0 bridgehead atoms. The van der Waals surface area contributed by atoms with E-state index < -0.39 is 5.97 Å². The third-order valence-corrected chi connectivity index (χ3v) is 2.44. The molecule has 0 amide bonds. The maximum atomic E-state index is 11.6. The highest BCUT2D eigenvalue weighted by atomic mass is 35.5. The molecule has 96 valence electrons. The first-order valence-corrected chi connectivity index (χ1v) is 5.25. The van der Waals surface area contributed by atoms with Crippen molar-refractivity contribution in [3.8, 4) is 11.4 Å². The molecule has 0 aliphatic rings. The van der Waals surface area contributed by atoms with E-state index >= 15 is 0 Å². The summed E-state index contributed by atoms with van der Waals surface area (Å²) in [6.07, 6.45) is 1.41. The molecule has 9 nitrogen and oxygen atoms in total. The Balaban J connectivity index is 2.66. The zero-order valence-corrected chi connectivity index (χ0v) is 10.3. The van der Waals surface area contributed by atoms with Crippen LogP contribution >= 0.6 is 11.6 Å². The molecule has 1 N–H and O–H groups in total. The van der Waals surface area contributed by atoms with E-state index in [9.17, 15) is 4.79 Å². The number of esters is 1. The third kappa shape index (κ3) is 2.46. The molecule has 2 aromatic rings. The van der Waals surface area contributed by atoms with Gasteiger partial charge in [-0.2, -0.15) is 15.4 Å². The van der Waals surface area contributed by atoms with Gasteiger partial charge in [0.05, 0.1) is 29.7 Å². The van der Waals surface area contributed by atoms with Gasteiger partial charge in [0.15, 0.2) is 5.69 Å². The predicted octanol–water partition coefficient (Wildman–Crippen LogP) is 2.25. The van der Waals surface area contributed by atoms with Gasteiger partial charge in [0.2, 0.25) is 0 Å². The van der Waals surface area contributed by atoms with Gasteiger partial charge in [0.25, 0.3) is 0 Å². The Hall–Kier alpha value is -2.64. The first-order valence-electron chi connectivity index (χ1n) is 4.87. The SMILES string of the molecule is COC(=O)c1nc(-c2cn[nH]n2)cc(Cl)c1N=[N+]=[N-]. The third-order valence-electron chi connectivity index (χ3n) is 2.15. The molecule has 2 heterocycles. The minimum absolute atomic E-state index is 0.0613. The second-order valence-corrected chi connectivity index (χ2v) is 3.63. The number of nitrogens with zero attached hydrogens (tertiary/aromatic N) is 6. The predicted molar refractivity (Wildman–Crippen MR) is 64.8 cm³/mol. The molecule has 0 atom stereocenters. The molecule has 10 heteroatoms. The summed E-state index contributed by atoms with van der Waals surface area (Å²) in [5.41, 5.74) is 8.88. The smallest absolute Gasteiger partial charge is 0.357 e. The first-order chi connectivity index (χ1) is 9.17. The lowest BCUT2D eigenvalue weighted by molar-refractivity contribution is 0.0595. The van der Waals surface area contributed by atoms with Gasteiger partial charge in [-0.05, 0) is 11.6 Å². The highest BCUT2D eigenvalue weighted by molar-refractivity contribution is 6.34. The van der Waals surface area contributed by atoms with Crippen LogP contribution in [0.15, 0.2) is 17.4 Å². The average molecular weight is 280 g/mol. The van der Waals surface area contributed by atoms with Crippen LogP contribution in [0.4, 0.5) is 5.69 Å². The monoisotopic (exact) mass is 279 g/mol. The molecule has 2 rings (SSSR count). The van der Waals surface area contributed by atoms with Crippen LogP contribution in [0.5, 0.6) is 0 Å². The maximum absolute atomic E-state index is 11.6. The van der Waals surface area contributed by atoms with Gasteiger partial charge in [-0.3, -0.25) is 0 Å². The second kappa shape index (κ2) is 5.34. The number of ether oxygens (including phenoxy) is 1. The quantitative estimate of drug-likeness (QED) is 0.398. The number of aromatic nitrogens is 4. The van der Waals surface area contributed by atoms with Gasteiger partial charge in [-0.25, -0.2) is 9.78 Å². The summed E-state index contributed by atoms with van der Waals surface area (Å²) in [5.74, 6) is -0.769. The molecule has 0 spiro atoms. The van der Waals surface area contributed by atoms with Crippen molar-refractivity contribution in [1.29, 1.82) is 0 Å². The van der Waals surface area contributed by atoms with Crippen molar-refractivity contribution >= 4 is 23.3 Å². The molecule has 0 radical (unpaired) electrons. The van der Waals surface area contributed by atoms with Crippen LogP contribution in [0, 0.1) is 0 Å². The van der Waals surface area contributed by atoms with Gasteiger partial charge >= 0.3 is 5.97 Å². The molecule has 0 fully saturated rings. The van der Waals surface area contributed by atoms with E-state index in [4.69, 9.17) is 17.1 Å². The number of halogens is 1. The summed E-state index contributed by atoms with van der Waals surface area (Å²) in [5, 5.41) is 13.3. The van der Waals surface area contributed by atoms with Crippen LogP contribution in [-0.2, 0) is 4.74 Å². The van der Waals surface area contributed by atoms with Crippen molar-refractivity contribution in [2.45, 2.75) is 0 Å². The Morgan fingerprint density at radius 2 is 2.37 bits per heavy atom. The van der Waals surface area contributed by atoms with Crippen molar-refractivity contribution in [1.82, 2.24) is 20.4 Å². The van der Waals surface area contributed by atoms with Gasteiger partial charge in [0.1, 0.15) is 5.69 Å². The summed E-state index contributed by atoms with van der Waals surface area (Å²) in [4.78, 5) is 18.2. The molecule has 19 heavy (non-hydrogen) atoms. The van der Waals surface area contributed by atoms with Crippen LogP contribution in [-0.4, -0.2) is 33.5 Å². The van der Waals surface area contributed by atoms with Gasteiger partial charge in [-0.15, -0.1) is 0 Å². The number of nitrogens with one attached hydrogen (secondary N) is 1. The van der Waals surface area contributed by atoms with Crippen LogP contribution in [0.3, 0.4) is 0 Å². The number of methoxy groups -OCH3 is 1. The molecule has 2 aromatic heterocycles. The molecule has 0 saturated heterocycles. The van der Waals surface area contributed by atoms with Gasteiger partial charge in [-0.1, -0.05) is 16.7 Å². The van der Waals surface area contributed by atoms with E-state index in [-0.39, 0.29) is 16.4 Å². The van der Waals surface area contributed by atoms with E-state index in [1.807, 2.05) is 0 Å². The van der Waals surface area contributed by atoms with Crippen molar-refractivity contribution < 1.29 is 9.53 Å². The van der Waals surface area contributed by atoms with E-state index in [1.165, 1.54) is 19.4 Å². The molecule has 0 aromatic carbocycles. The van der Waals surface area contributed by atoms with E-state index in [2.05, 4.69) is 35.2 Å². The van der Waals surface area contributed by atoms with E-state index in [1.54, 1.807) is 0 Å². The molecular formula is C9H6ClN7O2. The van der Waals surface area contributed by atoms with Crippen molar-refractivity contribution in [2.24, 2.45) is 5.11 Å². The Morgan fingerprint density at radius 3 is 2.95 bits per heavy atom. The van der Waals surface area contributed by atoms with Crippen LogP contribution < -0.4 is 0 Å². The topological polar surface area (TPSA) is 130 Å². The number of carbonyl (C=O) groups is 1. The highest BCUT2D eigenvalue weighted by Gasteiger charge is 2.19. The molecule has 0 saturated carbocycles. The van der Waals surface area contributed by atoms with E-state index in [0.717, 1.165) is 0 Å². The Bertz CT molecular complexity index is 663. The van der Waals surface area contributed by atoms with Crippen LogP contribution in [0.25, 0.3) is 21.8 Å². The number of hydrogen-bond acceptors (Lipinski definition) is 6. The Labute approximate surface area is 111 Å². The van der Waals surface area contributed by atoms with Crippen molar-refractivity contribution in [2.75, 3.05) is 7.11 Å². The summed E-state index contributed by atoms with van der Waals surface area (Å²) < 4.78 is 4.56. The molecule has 0 aliphatic heterocycles. The summed E-state index contributed by atoms with van der Waals surface area (Å²) in [7, 11) is 1.18. The highest BCUT2D eigenvalue weighted by Crippen LogP contribution is 2.32. The summed E-state index contributed by atoms with van der Waals surface area (Å²) in [6, 6.07) is 1.41. The zero-order chi connectivity index (χ0) is 13.8. The largest absolute Gasteiger partial charge is 0.464 e. The maximum Gasteiger partial charge on any atom is 0.357 e. The van der Waals surface area contributed by atoms with E-state index in [0.29, 0.717) is 11.4 Å². The Kier molecular flexibility index (Phi) is 3.60. The van der Waals surface area contributed by atoms with Gasteiger partial charge < -0.3 is 4.74 Å². The van der Waals surface area contributed by atoms with Crippen LogP contribution in [0.1, 0.15) is 10.5 Å². The average Bonchev–Trinajstić information content (AvgIpc) is 2.94. The lowest BCUT2D eigenvalue weighted by Crippen LogP contribution is -2.06. The molecule has 0 unspecified atom stereocenters. The Morgan fingerprint density at radius 1 is 1.58 bits per heavy atom. The minimum Gasteiger partial charge on any atom is -0.464 e. The number of hydrogen-bond donors (Lipinski definition) is 1. The number of pyridine rings is 1. The second-order valence-electron chi connectivity index (χ2n) is 3.22. The zero-order valence-electron chi connectivity index (χ0n) is 9.53. The van der Waals surface area contributed by atoms with Crippen LogP contribution in [0.2, 0.25) is 5.02 Å². The van der Waals surface area contributed by atoms with Gasteiger partial charge in [0, 0.05) is 4.91 Å². The number of H-pyrrole nitrogens is 1. The van der Waals surface area contributed by atoms with Crippen molar-refractivity contribution in [3.05, 3.63) is 33.4 Å². The summed E-state index contributed by atoms with van der Waals surface area (Å²) in [6.45, 7) is 0. The normalized spacial score (nSPS) is 9.79. The fourth-order valence-electron chi connectivity index (χ4n) is 1.34. The minimum atomic E-state index is -0.769. The molecular weight excluding hydrogens is 274 g/mol. The molecule has 0 aliphatic carbocycles. The number of rotatable bonds is 3. The first kappa shape index (κ1) is 12.8. The lowest BCUT2D eigenvalue weighted by atomic mass is 10.2. The summed E-state index contributed by atoms with van der Waals surface area (Å²) >= 11 is 5.96. The lowest BCUT2D eigenvalue weighted by Gasteiger charge is -2.06. The fraction of sp³-hybridized carbons (Fsp3) is 0.111. The number of carbonyl (C=O) groups excluding carboxylic acids is 1.